The number of hydrogen-bond donors (Lipinski definition) is 6. The number of aromatic nitrogens is 2. The van der Waals surface area contributed by atoms with Gasteiger partial charge in [-0.3, -0.25) is 14.4 Å². The normalized spacial score (nSPS) is 16.6. The fraction of sp³-hybridized carbons (Fsp3) is 0.696. The molecule has 6 unspecified atom stereocenters. The van der Waals surface area contributed by atoms with Crippen LogP contribution in [-0.4, -0.2) is 62.9 Å². The van der Waals surface area contributed by atoms with Crippen molar-refractivity contribution in [3.8, 4) is 0 Å². The molecular weight excluding hydrogens is 440 g/mol. The molecule has 0 saturated carbocycles. The van der Waals surface area contributed by atoms with Crippen molar-refractivity contribution in [2.24, 2.45) is 23.5 Å². The van der Waals surface area contributed by atoms with Gasteiger partial charge in [0.2, 0.25) is 17.7 Å². The third kappa shape index (κ3) is 8.44. The van der Waals surface area contributed by atoms with Crippen LogP contribution in [-0.2, 0) is 25.6 Å². The summed E-state index contributed by atoms with van der Waals surface area (Å²) < 4.78 is 0. The molecule has 0 spiro atoms. The Morgan fingerprint density at radius 3 is 2.00 bits per heavy atom. The predicted molar refractivity (Wildman–Crippen MR) is 127 cm³/mol. The molecule has 1 aromatic rings. The van der Waals surface area contributed by atoms with Gasteiger partial charge in [-0.2, -0.15) is 0 Å². The van der Waals surface area contributed by atoms with E-state index in [1.165, 1.54) is 6.33 Å². The summed E-state index contributed by atoms with van der Waals surface area (Å²) in [7, 11) is 0. The summed E-state index contributed by atoms with van der Waals surface area (Å²) >= 11 is 0. The molecule has 3 amide bonds. The van der Waals surface area contributed by atoms with Crippen molar-refractivity contribution in [1.82, 2.24) is 25.9 Å². The summed E-state index contributed by atoms with van der Waals surface area (Å²) in [6.45, 7) is 10.8. The number of rotatable bonds is 14. The van der Waals surface area contributed by atoms with Crippen molar-refractivity contribution in [2.75, 3.05) is 0 Å². The number of amides is 3. The van der Waals surface area contributed by atoms with E-state index in [2.05, 4.69) is 25.9 Å². The molecule has 0 saturated heterocycles. The van der Waals surface area contributed by atoms with Crippen LogP contribution >= 0.6 is 0 Å². The van der Waals surface area contributed by atoms with Gasteiger partial charge in [0.25, 0.3) is 0 Å². The molecule has 34 heavy (non-hydrogen) atoms. The molecule has 1 rings (SSSR count). The van der Waals surface area contributed by atoms with Crippen LogP contribution in [0.1, 0.15) is 60.1 Å². The molecule has 11 nitrogen and oxygen atoms in total. The first-order chi connectivity index (χ1) is 15.9. The molecule has 7 N–H and O–H groups in total. The van der Waals surface area contributed by atoms with Crippen LogP contribution < -0.4 is 21.7 Å². The predicted octanol–water partition coefficient (Wildman–Crippen LogP) is 0.567. The lowest BCUT2D eigenvalue weighted by molar-refractivity contribution is -0.144. The number of carboxylic acid groups (broad SMARTS) is 1. The number of hydrogen-bond acceptors (Lipinski definition) is 6. The van der Waals surface area contributed by atoms with E-state index in [9.17, 15) is 24.3 Å². The van der Waals surface area contributed by atoms with Crippen molar-refractivity contribution in [1.29, 1.82) is 0 Å². The molecule has 0 aliphatic rings. The summed E-state index contributed by atoms with van der Waals surface area (Å²) in [6, 6.07) is -3.88. The Kier molecular flexibility index (Phi) is 11.7. The monoisotopic (exact) mass is 480 g/mol. The van der Waals surface area contributed by atoms with Gasteiger partial charge >= 0.3 is 5.97 Å². The second-order valence-corrected chi connectivity index (χ2v) is 9.19. The summed E-state index contributed by atoms with van der Waals surface area (Å²) in [5.74, 6) is -3.49. The summed E-state index contributed by atoms with van der Waals surface area (Å²) in [6.07, 6.45) is 4.38. The molecular formula is C23H40N6O5. The van der Waals surface area contributed by atoms with Crippen LogP contribution in [0.2, 0.25) is 0 Å². The van der Waals surface area contributed by atoms with Gasteiger partial charge < -0.3 is 31.8 Å². The molecule has 1 heterocycles. The zero-order valence-electron chi connectivity index (χ0n) is 20.9. The molecule has 6 atom stereocenters. The minimum Gasteiger partial charge on any atom is -0.480 e. The summed E-state index contributed by atoms with van der Waals surface area (Å²) in [5.41, 5.74) is 6.66. The van der Waals surface area contributed by atoms with E-state index in [4.69, 9.17) is 5.73 Å². The number of carbonyl (C=O) groups is 4. The van der Waals surface area contributed by atoms with E-state index in [1.807, 2.05) is 20.8 Å². The summed E-state index contributed by atoms with van der Waals surface area (Å²) in [5, 5.41) is 17.4. The van der Waals surface area contributed by atoms with E-state index in [0.29, 0.717) is 18.5 Å². The zero-order chi connectivity index (χ0) is 26.0. The SMILES string of the molecule is CCC(C)C(N)C(=O)NC(Cc1cnc[nH]1)C(=O)NC(C(=O)NC(C(=O)O)C(C)C)C(C)CC. The zero-order valence-corrected chi connectivity index (χ0v) is 20.9. The minimum atomic E-state index is -1.15. The summed E-state index contributed by atoms with van der Waals surface area (Å²) in [4.78, 5) is 57.3. The lowest BCUT2D eigenvalue weighted by atomic mass is 9.96. The lowest BCUT2D eigenvalue weighted by Gasteiger charge is -2.29. The van der Waals surface area contributed by atoms with Gasteiger partial charge in [0.1, 0.15) is 18.1 Å². The number of aromatic amines is 1. The molecule has 0 radical (unpaired) electrons. The lowest BCUT2D eigenvalue weighted by Crippen LogP contribution is -2.60. The maximum absolute atomic E-state index is 13.3. The maximum atomic E-state index is 13.3. The molecule has 0 fully saturated rings. The second kappa shape index (κ2) is 13.7. The van der Waals surface area contributed by atoms with E-state index in [1.54, 1.807) is 27.0 Å². The Balaban J connectivity index is 3.10. The molecule has 0 bridgehead atoms. The molecule has 192 valence electrons. The number of nitrogens with zero attached hydrogens (tertiary/aromatic N) is 1. The molecule has 0 aliphatic heterocycles. The third-order valence-corrected chi connectivity index (χ3v) is 6.20. The van der Waals surface area contributed by atoms with Gasteiger partial charge in [0, 0.05) is 18.3 Å². The van der Waals surface area contributed by atoms with Crippen LogP contribution in [0.4, 0.5) is 0 Å². The highest BCUT2D eigenvalue weighted by Crippen LogP contribution is 2.12. The van der Waals surface area contributed by atoms with E-state index in [-0.39, 0.29) is 24.2 Å². The largest absolute Gasteiger partial charge is 0.480 e. The Bertz CT molecular complexity index is 813. The van der Waals surface area contributed by atoms with Gasteiger partial charge in [-0.1, -0.05) is 54.4 Å². The second-order valence-electron chi connectivity index (χ2n) is 9.19. The van der Waals surface area contributed by atoms with Crippen molar-refractivity contribution in [2.45, 2.75) is 85.0 Å². The average molecular weight is 481 g/mol. The quantitative estimate of drug-likeness (QED) is 0.225. The van der Waals surface area contributed by atoms with E-state index < -0.39 is 47.9 Å². The number of nitrogens with two attached hydrogens (primary N) is 1. The number of imidazole rings is 1. The Hall–Kier alpha value is -2.95. The van der Waals surface area contributed by atoms with Gasteiger partial charge in [0.05, 0.1) is 12.4 Å². The van der Waals surface area contributed by atoms with Crippen molar-refractivity contribution >= 4 is 23.7 Å². The first-order valence-corrected chi connectivity index (χ1v) is 11.8. The smallest absolute Gasteiger partial charge is 0.326 e. The highest BCUT2D eigenvalue weighted by molar-refractivity contribution is 5.94. The molecule has 0 aromatic carbocycles. The first kappa shape index (κ1) is 29.1. The van der Waals surface area contributed by atoms with Crippen molar-refractivity contribution in [3.63, 3.8) is 0 Å². The number of nitrogens with one attached hydrogen (secondary N) is 4. The average Bonchev–Trinajstić information content (AvgIpc) is 3.31. The van der Waals surface area contributed by atoms with Gasteiger partial charge in [-0.15, -0.1) is 0 Å². The standard InChI is InChI=1S/C23H40N6O5/c1-7-13(5)17(24)21(31)27-16(9-15-10-25-11-26-15)20(30)29-19(14(6)8-2)22(32)28-18(12(3)4)23(33)34/h10-14,16-19H,7-9,24H2,1-6H3,(H,25,26)(H,27,31)(H,28,32)(H,29,30)(H,33,34). The highest BCUT2D eigenvalue weighted by atomic mass is 16.4. The van der Waals surface area contributed by atoms with Crippen molar-refractivity contribution in [3.05, 3.63) is 18.2 Å². The van der Waals surface area contributed by atoms with E-state index >= 15 is 0 Å². The maximum Gasteiger partial charge on any atom is 0.326 e. The van der Waals surface area contributed by atoms with Crippen LogP contribution in [0.25, 0.3) is 0 Å². The minimum absolute atomic E-state index is 0.0847. The van der Waals surface area contributed by atoms with Gasteiger partial charge in [-0.05, 0) is 17.8 Å². The first-order valence-electron chi connectivity index (χ1n) is 11.8. The number of H-pyrrole nitrogens is 1. The Morgan fingerprint density at radius 2 is 1.53 bits per heavy atom. The van der Waals surface area contributed by atoms with Gasteiger partial charge in [-0.25, -0.2) is 9.78 Å². The number of carboxylic acids is 1. The third-order valence-electron chi connectivity index (χ3n) is 6.20. The van der Waals surface area contributed by atoms with Crippen molar-refractivity contribution < 1.29 is 24.3 Å². The number of carbonyl (C=O) groups excluding carboxylic acids is 3. The van der Waals surface area contributed by atoms with Gasteiger partial charge in [0.15, 0.2) is 0 Å². The van der Waals surface area contributed by atoms with E-state index in [0.717, 1.165) is 0 Å². The molecule has 0 aliphatic carbocycles. The topological polar surface area (TPSA) is 179 Å². The number of aliphatic carboxylic acids is 1. The Morgan fingerprint density at radius 1 is 0.941 bits per heavy atom. The fourth-order valence-electron chi connectivity index (χ4n) is 3.32. The molecule has 1 aromatic heterocycles. The van der Waals surface area contributed by atoms with Crippen LogP contribution in [0.5, 0.6) is 0 Å². The fourth-order valence-corrected chi connectivity index (χ4v) is 3.32. The van der Waals surface area contributed by atoms with Crippen LogP contribution in [0.15, 0.2) is 12.5 Å². The van der Waals surface area contributed by atoms with Crippen LogP contribution in [0.3, 0.4) is 0 Å². The van der Waals surface area contributed by atoms with Crippen LogP contribution in [0, 0.1) is 17.8 Å². The molecule has 11 heteroatoms. The highest BCUT2D eigenvalue weighted by Gasteiger charge is 2.34. The Labute approximate surface area is 201 Å².